The van der Waals surface area contributed by atoms with Gasteiger partial charge in [-0.15, -0.1) is 0 Å². The number of fused-ring (bicyclic) bond motifs is 1. The molecule has 0 aliphatic carbocycles. The van der Waals surface area contributed by atoms with Crippen LogP contribution in [0.3, 0.4) is 0 Å². The Bertz CT molecular complexity index is 856. The fraction of sp³-hybridized carbons (Fsp3) is 0.409. The molecule has 5 nitrogen and oxygen atoms in total. The number of hydrogen-bond acceptors (Lipinski definition) is 3. The molecule has 5 heteroatoms. The molecule has 1 aromatic carbocycles. The normalized spacial score (nSPS) is 19.5. The second kappa shape index (κ2) is 7.51. The molecular formula is C22H25N3O2. The number of likely N-dealkylation sites (tertiary alicyclic amines) is 1. The number of amides is 2. The summed E-state index contributed by atoms with van der Waals surface area (Å²) in [5, 5.41) is 0. The molecule has 1 fully saturated rings. The van der Waals surface area contributed by atoms with Crippen LogP contribution in [0.2, 0.25) is 0 Å². The van der Waals surface area contributed by atoms with Gasteiger partial charge in [0.05, 0.1) is 11.1 Å². The lowest BCUT2D eigenvalue weighted by atomic mass is 10.1. The summed E-state index contributed by atoms with van der Waals surface area (Å²) < 4.78 is 0. The minimum atomic E-state index is -0.0922. The summed E-state index contributed by atoms with van der Waals surface area (Å²) >= 11 is 0. The highest BCUT2D eigenvalue weighted by molar-refractivity contribution is 6.08. The van der Waals surface area contributed by atoms with Gasteiger partial charge >= 0.3 is 0 Å². The van der Waals surface area contributed by atoms with Crippen molar-refractivity contribution < 1.29 is 9.59 Å². The fourth-order valence-corrected chi connectivity index (χ4v) is 4.14. The molecular weight excluding hydrogens is 338 g/mol. The number of rotatable bonds is 2. The van der Waals surface area contributed by atoms with Crippen LogP contribution in [0.4, 0.5) is 5.69 Å². The highest BCUT2D eigenvalue weighted by Gasteiger charge is 2.31. The Hall–Kier alpha value is -2.69. The molecule has 0 bridgehead atoms. The van der Waals surface area contributed by atoms with Crippen LogP contribution in [0.25, 0.3) is 0 Å². The molecule has 1 unspecified atom stereocenters. The maximum atomic E-state index is 13.2. The smallest absolute Gasteiger partial charge is 0.260 e. The van der Waals surface area contributed by atoms with E-state index in [1.807, 2.05) is 28.0 Å². The molecule has 0 saturated carbocycles. The molecule has 0 radical (unpaired) electrons. The molecule has 27 heavy (non-hydrogen) atoms. The number of hydrogen-bond donors (Lipinski definition) is 0. The van der Waals surface area contributed by atoms with E-state index in [2.05, 4.69) is 18.0 Å². The minimum Gasteiger partial charge on any atom is -0.339 e. The summed E-state index contributed by atoms with van der Waals surface area (Å²) in [5.41, 5.74) is 3.12. The number of benzene rings is 1. The van der Waals surface area contributed by atoms with Gasteiger partial charge in [0.2, 0.25) is 0 Å². The molecule has 0 N–H and O–H groups in total. The number of pyridine rings is 1. The Labute approximate surface area is 160 Å². The number of anilines is 1. The third-order valence-electron chi connectivity index (χ3n) is 5.55. The van der Waals surface area contributed by atoms with Gasteiger partial charge in [-0.3, -0.25) is 14.6 Å². The number of para-hydroxylation sites is 1. The van der Waals surface area contributed by atoms with Crippen LogP contribution in [0.15, 0.2) is 42.7 Å². The molecule has 2 aliphatic rings. The highest BCUT2D eigenvalue weighted by atomic mass is 16.2. The van der Waals surface area contributed by atoms with Gasteiger partial charge in [-0.25, -0.2) is 0 Å². The monoisotopic (exact) mass is 363 g/mol. The SMILES string of the molecule is CC1Cc2ccccc2N1C(=O)c1cncc(C(=O)N2CCCCCC2)c1. The average Bonchev–Trinajstić information content (AvgIpc) is 2.86. The van der Waals surface area contributed by atoms with Gasteiger partial charge in [-0.1, -0.05) is 31.0 Å². The Morgan fingerprint density at radius 1 is 0.963 bits per heavy atom. The van der Waals surface area contributed by atoms with Crippen LogP contribution in [-0.4, -0.2) is 40.8 Å². The van der Waals surface area contributed by atoms with E-state index in [1.54, 1.807) is 18.5 Å². The van der Waals surface area contributed by atoms with E-state index in [9.17, 15) is 9.59 Å². The predicted molar refractivity (Wildman–Crippen MR) is 105 cm³/mol. The van der Waals surface area contributed by atoms with Crippen LogP contribution in [-0.2, 0) is 6.42 Å². The molecule has 1 aromatic heterocycles. The van der Waals surface area contributed by atoms with Crippen molar-refractivity contribution in [1.29, 1.82) is 0 Å². The van der Waals surface area contributed by atoms with Crippen LogP contribution < -0.4 is 4.90 Å². The van der Waals surface area contributed by atoms with Crippen LogP contribution in [0.1, 0.15) is 58.9 Å². The average molecular weight is 363 g/mol. The Kier molecular flexibility index (Phi) is 4.92. The molecule has 1 saturated heterocycles. The zero-order chi connectivity index (χ0) is 18.8. The summed E-state index contributed by atoms with van der Waals surface area (Å²) in [6, 6.07) is 9.80. The Morgan fingerprint density at radius 2 is 1.63 bits per heavy atom. The summed E-state index contributed by atoms with van der Waals surface area (Å²) in [4.78, 5) is 34.0. The van der Waals surface area contributed by atoms with Gasteiger partial charge in [-0.2, -0.15) is 0 Å². The topological polar surface area (TPSA) is 53.5 Å². The van der Waals surface area contributed by atoms with E-state index in [1.165, 1.54) is 18.4 Å². The van der Waals surface area contributed by atoms with Crippen molar-refractivity contribution in [2.75, 3.05) is 18.0 Å². The number of carbonyl (C=O) groups is 2. The zero-order valence-corrected chi connectivity index (χ0v) is 15.7. The van der Waals surface area contributed by atoms with E-state index >= 15 is 0 Å². The second-order valence-electron chi connectivity index (χ2n) is 7.53. The van der Waals surface area contributed by atoms with Crippen molar-refractivity contribution in [2.24, 2.45) is 0 Å². The lowest BCUT2D eigenvalue weighted by molar-refractivity contribution is 0.0761. The summed E-state index contributed by atoms with van der Waals surface area (Å²) in [7, 11) is 0. The third-order valence-corrected chi connectivity index (χ3v) is 5.55. The zero-order valence-electron chi connectivity index (χ0n) is 15.7. The molecule has 0 spiro atoms. The van der Waals surface area contributed by atoms with Crippen molar-refractivity contribution in [1.82, 2.24) is 9.88 Å². The first-order valence-corrected chi connectivity index (χ1v) is 9.81. The second-order valence-corrected chi connectivity index (χ2v) is 7.53. The predicted octanol–water partition coefficient (Wildman–Crippen LogP) is 3.69. The van der Waals surface area contributed by atoms with Gasteiger partial charge < -0.3 is 9.80 Å². The summed E-state index contributed by atoms with van der Waals surface area (Å²) in [6.07, 6.45) is 8.42. The first kappa shape index (κ1) is 17.7. The van der Waals surface area contributed by atoms with Gasteiger partial charge in [0, 0.05) is 37.2 Å². The lowest BCUT2D eigenvalue weighted by Crippen LogP contribution is -2.36. The van der Waals surface area contributed by atoms with E-state index < -0.39 is 0 Å². The molecule has 3 heterocycles. The number of carbonyl (C=O) groups excluding carboxylic acids is 2. The molecule has 1 atom stereocenters. The Morgan fingerprint density at radius 3 is 2.37 bits per heavy atom. The molecule has 4 rings (SSSR count). The van der Waals surface area contributed by atoms with Crippen molar-refractivity contribution >= 4 is 17.5 Å². The van der Waals surface area contributed by atoms with Crippen molar-refractivity contribution in [3.8, 4) is 0 Å². The van der Waals surface area contributed by atoms with E-state index in [4.69, 9.17) is 0 Å². The van der Waals surface area contributed by atoms with Crippen molar-refractivity contribution in [3.05, 3.63) is 59.4 Å². The maximum Gasteiger partial charge on any atom is 0.260 e. The largest absolute Gasteiger partial charge is 0.339 e. The van der Waals surface area contributed by atoms with Gasteiger partial charge in [0.1, 0.15) is 0 Å². The van der Waals surface area contributed by atoms with E-state index in [0.717, 1.165) is 38.0 Å². The summed E-state index contributed by atoms with van der Waals surface area (Å²) in [6.45, 7) is 3.62. The Balaban J connectivity index is 1.59. The molecule has 2 aliphatic heterocycles. The van der Waals surface area contributed by atoms with Gasteiger partial charge in [0.25, 0.3) is 11.8 Å². The fourth-order valence-electron chi connectivity index (χ4n) is 4.14. The number of aromatic nitrogens is 1. The van der Waals surface area contributed by atoms with E-state index in [0.29, 0.717) is 11.1 Å². The van der Waals surface area contributed by atoms with Crippen LogP contribution in [0, 0.1) is 0 Å². The highest BCUT2D eigenvalue weighted by Crippen LogP contribution is 2.33. The van der Waals surface area contributed by atoms with Gasteiger partial charge in [-0.05, 0) is 43.9 Å². The minimum absolute atomic E-state index is 0.0195. The summed E-state index contributed by atoms with van der Waals surface area (Å²) in [5.74, 6) is -0.112. The number of nitrogens with zero attached hydrogens (tertiary/aromatic N) is 3. The lowest BCUT2D eigenvalue weighted by Gasteiger charge is -2.23. The maximum absolute atomic E-state index is 13.2. The van der Waals surface area contributed by atoms with Crippen molar-refractivity contribution in [2.45, 2.75) is 45.1 Å². The van der Waals surface area contributed by atoms with Crippen LogP contribution in [0.5, 0.6) is 0 Å². The first-order chi connectivity index (χ1) is 13.1. The quantitative estimate of drug-likeness (QED) is 0.818. The molecule has 140 valence electrons. The first-order valence-electron chi connectivity index (χ1n) is 9.81. The van der Waals surface area contributed by atoms with Gasteiger partial charge in [0.15, 0.2) is 0 Å². The molecule has 2 amide bonds. The third kappa shape index (κ3) is 3.46. The molecule has 2 aromatic rings. The van der Waals surface area contributed by atoms with Crippen molar-refractivity contribution in [3.63, 3.8) is 0 Å². The van der Waals surface area contributed by atoms with Crippen LogP contribution >= 0.6 is 0 Å². The standard InChI is InChI=1S/C22H25N3O2/c1-16-12-17-8-4-5-9-20(17)25(16)22(27)19-13-18(14-23-15-19)21(26)24-10-6-2-3-7-11-24/h4-5,8-9,13-16H,2-3,6-7,10-12H2,1H3. The van der Waals surface area contributed by atoms with E-state index in [-0.39, 0.29) is 17.9 Å².